The Labute approximate surface area is 117 Å². The summed E-state index contributed by atoms with van der Waals surface area (Å²) in [5.74, 6) is 2.00. The zero-order chi connectivity index (χ0) is 13.9. The van der Waals surface area contributed by atoms with Gasteiger partial charge in [0.1, 0.15) is 5.75 Å². The molecule has 0 aliphatic heterocycles. The lowest BCUT2D eigenvalue weighted by Gasteiger charge is -2.06. The highest BCUT2D eigenvalue weighted by Gasteiger charge is 2.24. The second-order valence-corrected chi connectivity index (χ2v) is 5.45. The molecule has 0 bridgehead atoms. The molecule has 1 aromatic heterocycles. The van der Waals surface area contributed by atoms with Gasteiger partial charge in [0.2, 0.25) is 5.89 Å². The first-order chi connectivity index (χ1) is 9.72. The minimum absolute atomic E-state index is 0.253. The third-order valence-electron chi connectivity index (χ3n) is 3.89. The lowest BCUT2D eigenvalue weighted by Crippen LogP contribution is -2.14. The second-order valence-electron chi connectivity index (χ2n) is 5.45. The molecule has 1 fully saturated rings. The van der Waals surface area contributed by atoms with Crippen molar-refractivity contribution in [2.75, 3.05) is 0 Å². The Balaban J connectivity index is 1.67. The number of aromatic nitrogens is 2. The van der Waals surface area contributed by atoms with Crippen LogP contribution in [0, 0.1) is 0 Å². The number of hydrogen-bond donors (Lipinski definition) is 2. The van der Waals surface area contributed by atoms with Crippen molar-refractivity contribution in [2.24, 2.45) is 5.73 Å². The molecule has 5 nitrogen and oxygen atoms in total. The zero-order valence-electron chi connectivity index (χ0n) is 11.3. The summed E-state index contributed by atoms with van der Waals surface area (Å²) in [5, 5.41) is 13.3. The van der Waals surface area contributed by atoms with Gasteiger partial charge in [0.25, 0.3) is 0 Å². The van der Waals surface area contributed by atoms with Gasteiger partial charge in [-0.2, -0.15) is 4.98 Å². The van der Waals surface area contributed by atoms with Gasteiger partial charge >= 0.3 is 0 Å². The molecule has 1 atom stereocenters. The molecule has 20 heavy (non-hydrogen) atoms. The fourth-order valence-corrected chi connectivity index (χ4v) is 2.72. The Kier molecular flexibility index (Phi) is 3.69. The van der Waals surface area contributed by atoms with Crippen LogP contribution in [-0.2, 0) is 6.42 Å². The summed E-state index contributed by atoms with van der Waals surface area (Å²) in [4.78, 5) is 4.45. The van der Waals surface area contributed by atoms with Crippen molar-refractivity contribution in [3.63, 3.8) is 0 Å². The van der Waals surface area contributed by atoms with Crippen LogP contribution >= 0.6 is 0 Å². The average Bonchev–Trinajstić information content (AvgIpc) is 3.11. The SMILES string of the molecule is N[C@H](Cc1ccc(O)cc1)c1nc(C2CCCC2)no1. The smallest absolute Gasteiger partial charge is 0.243 e. The predicted molar refractivity (Wildman–Crippen MR) is 74.2 cm³/mol. The Bertz CT molecular complexity index is 559. The van der Waals surface area contributed by atoms with Crippen molar-refractivity contribution in [3.05, 3.63) is 41.5 Å². The highest BCUT2D eigenvalue weighted by Crippen LogP contribution is 2.32. The molecule has 0 radical (unpaired) electrons. The highest BCUT2D eigenvalue weighted by atomic mass is 16.5. The molecule has 3 rings (SSSR count). The summed E-state index contributed by atoms with van der Waals surface area (Å²) in [6.45, 7) is 0. The normalized spacial score (nSPS) is 17.4. The van der Waals surface area contributed by atoms with Crippen LogP contribution in [0.5, 0.6) is 5.75 Å². The quantitative estimate of drug-likeness (QED) is 0.894. The summed E-state index contributed by atoms with van der Waals surface area (Å²) >= 11 is 0. The van der Waals surface area contributed by atoms with Crippen LogP contribution in [0.1, 0.15) is 54.9 Å². The molecular weight excluding hydrogens is 254 g/mol. The first-order valence-electron chi connectivity index (χ1n) is 7.09. The number of phenolic OH excluding ortho intramolecular Hbond substituents is 1. The molecule has 1 aliphatic carbocycles. The molecule has 0 unspecified atom stereocenters. The summed E-state index contributed by atoms with van der Waals surface area (Å²) < 4.78 is 5.30. The van der Waals surface area contributed by atoms with Gasteiger partial charge < -0.3 is 15.4 Å². The molecule has 2 aromatic rings. The maximum Gasteiger partial charge on any atom is 0.243 e. The van der Waals surface area contributed by atoms with Gasteiger partial charge in [0, 0.05) is 5.92 Å². The van der Waals surface area contributed by atoms with Gasteiger partial charge in [-0.25, -0.2) is 0 Å². The van der Waals surface area contributed by atoms with E-state index < -0.39 is 0 Å². The van der Waals surface area contributed by atoms with E-state index in [1.165, 1.54) is 12.8 Å². The molecule has 1 aliphatic rings. The minimum Gasteiger partial charge on any atom is -0.508 e. The van der Waals surface area contributed by atoms with Crippen LogP contribution in [0.4, 0.5) is 0 Å². The lowest BCUT2D eigenvalue weighted by atomic mass is 10.1. The van der Waals surface area contributed by atoms with Crippen LogP contribution in [0.3, 0.4) is 0 Å². The van der Waals surface area contributed by atoms with Gasteiger partial charge in [-0.3, -0.25) is 0 Å². The number of nitrogens with zero attached hydrogens (tertiary/aromatic N) is 2. The van der Waals surface area contributed by atoms with Crippen LogP contribution in [-0.4, -0.2) is 15.2 Å². The average molecular weight is 273 g/mol. The van der Waals surface area contributed by atoms with Gasteiger partial charge in [0.15, 0.2) is 5.82 Å². The van der Waals surface area contributed by atoms with E-state index >= 15 is 0 Å². The van der Waals surface area contributed by atoms with E-state index in [4.69, 9.17) is 10.3 Å². The molecule has 0 saturated heterocycles. The Morgan fingerprint density at radius 3 is 2.65 bits per heavy atom. The van der Waals surface area contributed by atoms with Gasteiger partial charge in [-0.15, -0.1) is 0 Å². The Morgan fingerprint density at radius 2 is 1.95 bits per heavy atom. The topological polar surface area (TPSA) is 85.2 Å². The van der Waals surface area contributed by atoms with Crippen molar-refractivity contribution < 1.29 is 9.63 Å². The van der Waals surface area contributed by atoms with Crippen molar-refractivity contribution in [3.8, 4) is 5.75 Å². The third-order valence-corrected chi connectivity index (χ3v) is 3.89. The summed E-state index contributed by atoms with van der Waals surface area (Å²) in [7, 11) is 0. The van der Waals surface area contributed by atoms with E-state index in [-0.39, 0.29) is 11.8 Å². The first kappa shape index (κ1) is 13.1. The van der Waals surface area contributed by atoms with E-state index in [0.29, 0.717) is 18.2 Å². The predicted octanol–water partition coefficient (Wildman–Crippen LogP) is 2.68. The van der Waals surface area contributed by atoms with Crippen molar-refractivity contribution >= 4 is 0 Å². The van der Waals surface area contributed by atoms with E-state index in [1.807, 2.05) is 12.1 Å². The Hall–Kier alpha value is -1.88. The molecule has 1 saturated carbocycles. The van der Waals surface area contributed by atoms with Gasteiger partial charge in [-0.1, -0.05) is 30.1 Å². The number of nitrogens with two attached hydrogens (primary N) is 1. The van der Waals surface area contributed by atoms with E-state index in [1.54, 1.807) is 12.1 Å². The van der Waals surface area contributed by atoms with Crippen molar-refractivity contribution in [1.82, 2.24) is 10.1 Å². The number of aromatic hydroxyl groups is 1. The van der Waals surface area contributed by atoms with E-state index in [0.717, 1.165) is 24.2 Å². The fourth-order valence-electron chi connectivity index (χ4n) is 2.72. The molecule has 0 spiro atoms. The minimum atomic E-state index is -0.304. The summed E-state index contributed by atoms with van der Waals surface area (Å²) in [6, 6.07) is 6.70. The maximum atomic E-state index is 9.26. The highest BCUT2D eigenvalue weighted by molar-refractivity contribution is 5.26. The molecule has 5 heteroatoms. The number of benzene rings is 1. The molecule has 1 heterocycles. The molecule has 3 N–H and O–H groups in total. The lowest BCUT2D eigenvalue weighted by molar-refractivity contribution is 0.347. The summed E-state index contributed by atoms with van der Waals surface area (Å²) in [6.07, 6.45) is 5.40. The molecule has 106 valence electrons. The van der Waals surface area contributed by atoms with Gasteiger partial charge in [-0.05, 0) is 37.0 Å². The summed E-state index contributed by atoms with van der Waals surface area (Å²) in [5.41, 5.74) is 7.16. The van der Waals surface area contributed by atoms with E-state index in [2.05, 4.69) is 10.1 Å². The van der Waals surface area contributed by atoms with Crippen molar-refractivity contribution in [2.45, 2.75) is 44.1 Å². The molecular formula is C15H19N3O2. The largest absolute Gasteiger partial charge is 0.508 e. The van der Waals surface area contributed by atoms with Crippen LogP contribution in [0.15, 0.2) is 28.8 Å². The number of hydrogen-bond acceptors (Lipinski definition) is 5. The monoisotopic (exact) mass is 273 g/mol. The first-order valence-corrected chi connectivity index (χ1v) is 7.09. The van der Waals surface area contributed by atoms with Gasteiger partial charge in [0.05, 0.1) is 6.04 Å². The standard InChI is InChI=1S/C15H19N3O2/c16-13(9-10-5-7-12(19)8-6-10)15-17-14(18-20-15)11-3-1-2-4-11/h5-8,11,13,19H,1-4,9,16H2/t13-/m1/s1. The maximum absolute atomic E-state index is 9.26. The van der Waals surface area contributed by atoms with Crippen LogP contribution in [0.2, 0.25) is 0 Å². The molecule has 0 amide bonds. The Morgan fingerprint density at radius 1 is 1.25 bits per heavy atom. The zero-order valence-corrected chi connectivity index (χ0v) is 11.3. The second kappa shape index (κ2) is 5.63. The van der Waals surface area contributed by atoms with Crippen molar-refractivity contribution in [1.29, 1.82) is 0 Å². The van der Waals surface area contributed by atoms with E-state index in [9.17, 15) is 5.11 Å². The number of rotatable bonds is 4. The number of phenols is 1. The van der Waals surface area contributed by atoms with Crippen LogP contribution < -0.4 is 5.73 Å². The van der Waals surface area contributed by atoms with Crippen LogP contribution in [0.25, 0.3) is 0 Å². The third kappa shape index (κ3) is 2.82. The fraction of sp³-hybridized carbons (Fsp3) is 0.467. The molecule has 1 aromatic carbocycles.